The second-order valence-electron chi connectivity index (χ2n) is 5.95. The van der Waals surface area contributed by atoms with E-state index in [4.69, 9.17) is 9.47 Å². The van der Waals surface area contributed by atoms with Crippen LogP contribution < -0.4 is 9.47 Å². The number of sulfone groups is 1. The van der Waals surface area contributed by atoms with E-state index in [1.54, 1.807) is 18.2 Å². The van der Waals surface area contributed by atoms with Gasteiger partial charge in [-0.1, -0.05) is 0 Å². The molecule has 0 aromatic heterocycles. The molecule has 6 heteroatoms. The molecule has 0 radical (unpaired) electrons. The molecule has 0 N–H and O–H groups in total. The van der Waals surface area contributed by atoms with Gasteiger partial charge in [0.1, 0.15) is 26.9 Å². The first kappa shape index (κ1) is 15.8. The molecule has 0 saturated heterocycles. The van der Waals surface area contributed by atoms with Gasteiger partial charge in [-0.3, -0.25) is 4.79 Å². The molecule has 1 aliphatic heterocycles. The van der Waals surface area contributed by atoms with Gasteiger partial charge in [-0.15, -0.1) is 0 Å². The molecule has 0 aliphatic carbocycles. The minimum absolute atomic E-state index is 0.0601. The van der Waals surface area contributed by atoms with Crippen molar-refractivity contribution in [3.63, 3.8) is 0 Å². The van der Waals surface area contributed by atoms with Crippen molar-refractivity contribution in [1.29, 1.82) is 0 Å². The Hall–Kier alpha value is -1.56. The second-order valence-corrected chi connectivity index (χ2v) is 8.21. The fraction of sp³-hybridized carbons (Fsp3) is 0.533. The van der Waals surface area contributed by atoms with Crippen LogP contribution in [-0.2, 0) is 9.84 Å². The summed E-state index contributed by atoms with van der Waals surface area (Å²) in [6.07, 6.45) is 1.99. The van der Waals surface area contributed by atoms with Gasteiger partial charge in [0.25, 0.3) is 0 Å². The zero-order valence-electron chi connectivity index (χ0n) is 12.5. The van der Waals surface area contributed by atoms with E-state index in [1.165, 1.54) is 6.26 Å². The maximum Gasteiger partial charge on any atom is 0.170 e. The molecule has 21 heavy (non-hydrogen) atoms. The Labute approximate surface area is 125 Å². The van der Waals surface area contributed by atoms with Gasteiger partial charge in [-0.25, -0.2) is 8.42 Å². The number of fused-ring (bicyclic) bond motifs is 1. The number of carbonyl (C=O) groups is 1. The summed E-state index contributed by atoms with van der Waals surface area (Å²) in [5.74, 6) is 1.26. The maximum absolute atomic E-state index is 12.0. The summed E-state index contributed by atoms with van der Waals surface area (Å²) in [4.78, 5) is 12.0. The van der Waals surface area contributed by atoms with Crippen LogP contribution in [0.4, 0.5) is 0 Å². The van der Waals surface area contributed by atoms with Crippen molar-refractivity contribution in [3.05, 3.63) is 23.8 Å². The van der Waals surface area contributed by atoms with Crippen molar-refractivity contribution in [1.82, 2.24) is 0 Å². The lowest BCUT2D eigenvalue weighted by Gasteiger charge is -2.31. The minimum atomic E-state index is -2.96. The zero-order valence-corrected chi connectivity index (χ0v) is 13.3. The van der Waals surface area contributed by atoms with Crippen molar-refractivity contribution >= 4 is 15.6 Å². The van der Waals surface area contributed by atoms with Gasteiger partial charge in [-0.05, 0) is 32.4 Å². The molecule has 0 unspecified atom stereocenters. The standard InChI is InChI=1S/C15H20O5S/c1-15(2)10-13(16)12-6-5-11(9-14(12)20-15)19-7-4-8-21(3,17)18/h5-6,9H,4,7-8,10H2,1-3H3. The quantitative estimate of drug-likeness (QED) is 0.780. The summed E-state index contributed by atoms with van der Waals surface area (Å²) in [6.45, 7) is 4.05. The molecule has 0 saturated carbocycles. The molecule has 0 atom stereocenters. The van der Waals surface area contributed by atoms with Crippen LogP contribution in [0.15, 0.2) is 18.2 Å². The van der Waals surface area contributed by atoms with Gasteiger partial charge >= 0.3 is 0 Å². The van der Waals surface area contributed by atoms with Crippen LogP contribution in [0.5, 0.6) is 11.5 Å². The summed E-state index contributed by atoms with van der Waals surface area (Å²) < 4.78 is 33.4. The SMILES string of the molecule is CC1(C)CC(=O)c2ccc(OCCCS(C)(=O)=O)cc2O1. The van der Waals surface area contributed by atoms with Crippen molar-refractivity contribution in [2.75, 3.05) is 18.6 Å². The van der Waals surface area contributed by atoms with E-state index in [2.05, 4.69) is 0 Å². The molecule has 1 aromatic rings. The number of Topliss-reactive ketones (excluding diaryl/α,β-unsaturated/α-hetero) is 1. The Balaban J connectivity index is 2.02. The molecule has 116 valence electrons. The van der Waals surface area contributed by atoms with Gasteiger partial charge in [0, 0.05) is 12.3 Å². The molecule has 1 aliphatic rings. The van der Waals surface area contributed by atoms with Crippen molar-refractivity contribution < 1.29 is 22.7 Å². The second kappa shape index (κ2) is 5.67. The Morgan fingerprint density at radius 3 is 2.71 bits per heavy atom. The molecule has 5 nitrogen and oxygen atoms in total. The van der Waals surface area contributed by atoms with Crippen molar-refractivity contribution in [3.8, 4) is 11.5 Å². The number of carbonyl (C=O) groups excluding carboxylic acids is 1. The maximum atomic E-state index is 12.0. The third-order valence-corrected chi connectivity index (χ3v) is 4.18. The molecular formula is C15H20O5S. The molecule has 0 bridgehead atoms. The van der Waals surface area contributed by atoms with Crippen molar-refractivity contribution in [2.45, 2.75) is 32.3 Å². The molecular weight excluding hydrogens is 292 g/mol. The number of ketones is 1. The highest BCUT2D eigenvalue weighted by atomic mass is 32.2. The number of ether oxygens (including phenoxy) is 2. The van der Waals surface area contributed by atoms with Gasteiger partial charge in [-0.2, -0.15) is 0 Å². The lowest BCUT2D eigenvalue weighted by Crippen LogP contribution is -2.35. The topological polar surface area (TPSA) is 69.7 Å². The lowest BCUT2D eigenvalue weighted by atomic mass is 9.93. The number of hydrogen-bond donors (Lipinski definition) is 0. The van der Waals surface area contributed by atoms with Crippen LogP contribution >= 0.6 is 0 Å². The highest BCUT2D eigenvalue weighted by molar-refractivity contribution is 7.90. The Morgan fingerprint density at radius 2 is 2.05 bits per heavy atom. The van der Waals surface area contributed by atoms with Crippen LogP contribution in [0.3, 0.4) is 0 Å². The van der Waals surface area contributed by atoms with Gasteiger partial charge in [0.15, 0.2) is 5.78 Å². The van der Waals surface area contributed by atoms with Crippen molar-refractivity contribution in [2.24, 2.45) is 0 Å². The van der Waals surface area contributed by atoms with Crippen LogP contribution in [0, 0.1) is 0 Å². The fourth-order valence-electron chi connectivity index (χ4n) is 2.23. The smallest absolute Gasteiger partial charge is 0.170 e. The average Bonchev–Trinajstić information content (AvgIpc) is 2.31. The summed E-state index contributed by atoms with van der Waals surface area (Å²) in [6, 6.07) is 5.09. The predicted molar refractivity (Wildman–Crippen MR) is 79.9 cm³/mol. The van der Waals surface area contributed by atoms with E-state index in [9.17, 15) is 13.2 Å². The Bertz CT molecular complexity index is 646. The molecule has 0 spiro atoms. The van der Waals surface area contributed by atoms with Crippen LogP contribution in [0.2, 0.25) is 0 Å². The zero-order chi connectivity index (χ0) is 15.7. The Kier molecular flexibility index (Phi) is 4.27. The number of hydrogen-bond acceptors (Lipinski definition) is 5. The van der Waals surface area contributed by atoms with E-state index >= 15 is 0 Å². The fourth-order valence-corrected chi connectivity index (χ4v) is 2.88. The molecule has 0 amide bonds. The number of benzene rings is 1. The van der Waals surface area contributed by atoms with Crippen LogP contribution in [-0.4, -0.2) is 38.4 Å². The first-order valence-corrected chi connectivity index (χ1v) is 8.89. The predicted octanol–water partition coefficient (Wildman–Crippen LogP) is 2.24. The first-order chi connectivity index (χ1) is 9.66. The third kappa shape index (κ3) is 4.46. The van der Waals surface area contributed by atoms with E-state index in [0.29, 0.717) is 36.5 Å². The van der Waals surface area contributed by atoms with E-state index in [-0.39, 0.29) is 11.5 Å². The average molecular weight is 312 g/mol. The first-order valence-electron chi connectivity index (χ1n) is 6.83. The Morgan fingerprint density at radius 1 is 1.33 bits per heavy atom. The van der Waals surface area contributed by atoms with Gasteiger partial charge in [0.2, 0.25) is 0 Å². The van der Waals surface area contributed by atoms with Crippen LogP contribution in [0.1, 0.15) is 37.0 Å². The molecule has 1 aromatic carbocycles. The monoisotopic (exact) mass is 312 g/mol. The highest BCUT2D eigenvalue weighted by Crippen LogP contribution is 2.35. The lowest BCUT2D eigenvalue weighted by molar-refractivity contribution is 0.0618. The summed E-state index contributed by atoms with van der Waals surface area (Å²) in [7, 11) is -2.96. The third-order valence-electron chi connectivity index (χ3n) is 3.15. The molecule has 0 fully saturated rings. The van der Waals surface area contributed by atoms with Crippen LogP contribution in [0.25, 0.3) is 0 Å². The normalized spacial score (nSPS) is 17.0. The van der Waals surface area contributed by atoms with E-state index in [0.717, 1.165) is 0 Å². The summed E-state index contributed by atoms with van der Waals surface area (Å²) >= 11 is 0. The number of rotatable bonds is 5. The van der Waals surface area contributed by atoms with Gasteiger partial charge in [0.05, 0.1) is 24.3 Å². The minimum Gasteiger partial charge on any atom is -0.493 e. The van der Waals surface area contributed by atoms with E-state index < -0.39 is 15.4 Å². The molecule has 2 rings (SSSR count). The molecule has 1 heterocycles. The van der Waals surface area contributed by atoms with E-state index in [1.807, 2.05) is 13.8 Å². The summed E-state index contributed by atoms with van der Waals surface area (Å²) in [5, 5.41) is 0. The summed E-state index contributed by atoms with van der Waals surface area (Å²) in [5.41, 5.74) is 0.0525. The highest BCUT2D eigenvalue weighted by Gasteiger charge is 2.32. The largest absolute Gasteiger partial charge is 0.493 e. The van der Waals surface area contributed by atoms with Gasteiger partial charge < -0.3 is 9.47 Å².